The van der Waals surface area contributed by atoms with Gasteiger partial charge in [-0.05, 0) is 42.8 Å². The largest absolute Gasteiger partial charge is 0.508 e. The summed E-state index contributed by atoms with van der Waals surface area (Å²) in [5.41, 5.74) is 5.16. The Bertz CT molecular complexity index is 1080. The number of nitrogens with one attached hydrogen (secondary N) is 2. The minimum atomic E-state index is -0.149. The molecule has 5 nitrogen and oxygen atoms in total. The van der Waals surface area contributed by atoms with E-state index in [9.17, 15) is 5.11 Å². The average Bonchev–Trinajstić information content (AvgIpc) is 3.22. The summed E-state index contributed by atoms with van der Waals surface area (Å²) in [5.74, 6) is 1.78. The molecule has 2 heterocycles. The number of phenolic OH excluding ortho intramolecular Hbond substituents is 1. The molecule has 0 saturated carbocycles. The summed E-state index contributed by atoms with van der Waals surface area (Å²) in [6, 6.07) is 21.7. The van der Waals surface area contributed by atoms with Crippen LogP contribution in [0.5, 0.6) is 17.2 Å². The Labute approximate surface area is 169 Å². The highest BCUT2D eigenvalue weighted by molar-refractivity contribution is 5.69. The first-order valence-electron chi connectivity index (χ1n) is 9.66. The number of hydrogen-bond donors (Lipinski definition) is 3. The van der Waals surface area contributed by atoms with Gasteiger partial charge in [0.25, 0.3) is 0 Å². The summed E-state index contributed by atoms with van der Waals surface area (Å²) in [5, 5.41) is 17.6. The van der Waals surface area contributed by atoms with Crippen LogP contribution in [-0.2, 0) is 0 Å². The molecule has 5 rings (SSSR count). The maximum Gasteiger partial charge on any atom is 0.231 e. The van der Waals surface area contributed by atoms with Crippen LogP contribution >= 0.6 is 0 Å². The third-order valence-corrected chi connectivity index (χ3v) is 5.35. The van der Waals surface area contributed by atoms with Gasteiger partial charge in [0.2, 0.25) is 6.79 Å². The van der Waals surface area contributed by atoms with E-state index in [-0.39, 0.29) is 24.8 Å². The lowest BCUT2D eigenvalue weighted by molar-refractivity contribution is 0.174. The van der Waals surface area contributed by atoms with E-state index in [0.29, 0.717) is 0 Å². The first kappa shape index (κ1) is 17.6. The van der Waals surface area contributed by atoms with Gasteiger partial charge in [0.15, 0.2) is 11.5 Å². The van der Waals surface area contributed by atoms with E-state index in [0.717, 1.165) is 33.9 Å². The standard InChI is InChI=1S/C24H22N2O3/c1-15-6-8-16(9-7-15)24-25-19(17-10-11-22-23(12-17)29-14-28-22)13-20(26-24)18-4-2-3-5-21(18)27/h2-13,20,24-27H,14H2,1H3. The van der Waals surface area contributed by atoms with Crippen molar-refractivity contribution in [2.24, 2.45) is 0 Å². The van der Waals surface area contributed by atoms with Gasteiger partial charge in [-0.2, -0.15) is 0 Å². The summed E-state index contributed by atoms with van der Waals surface area (Å²) in [6.07, 6.45) is 1.99. The van der Waals surface area contributed by atoms with E-state index in [1.54, 1.807) is 6.07 Å². The fourth-order valence-electron chi connectivity index (χ4n) is 3.75. The van der Waals surface area contributed by atoms with Crippen LogP contribution in [-0.4, -0.2) is 11.9 Å². The number of ether oxygens (including phenoxy) is 2. The molecule has 146 valence electrons. The second-order valence-corrected chi connectivity index (χ2v) is 7.34. The molecule has 0 radical (unpaired) electrons. The summed E-state index contributed by atoms with van der Waals surface area (Å²) in [4.78, 5) is 0. The molecule has 3 aromatic rings. The Hall–Kier alpha value is -3.44. The van der Waals surface area contributed by atoms with Crippen molar-refractivity contribution in [2.45, 2.75) is 19.1 Å². The summed E-state index contributed by atoms with van der Waals surface area (Å²) >= 11 is 0. The highest BCUT2D eigenvalue weighted by Gasteiger charge is 2.26. The van der Waals surface area contributed by atoms with E-state index >= 15 is 0 Å². The van der Waals surface area contributed by atoms with Crippen molar-refractivity contribution in [1.82, 2.24) is 10.6 Å². The molecule has 0 spiro atoms. The molecule has 0 saturated heterocycles. The second-order valence-electron chi connectivity index (χ2n) is 7.34. The molecule has 3 N–H and O–H groups in total. The summed E-state index contributed by atoms with van der Waals surface area (Å²) in [6.45, 7) is 2.33. The van der Waals surface area contributed by atoms with Crippen LogP contribution in [0.3, 0.4) is 0 Å². The van der Waals surface area contributed by atoms with Crippen LogP contribution in [0.2, 0.25) is 0 Å². The molecule has 3 aromatic carbocycles. The molecule has 2 aliphatic rings. The molecule has 0 aromatic heterocycles. The second kappa shape index (κ2) is 7.18. The van der Waals surface area contributed by atoms with Gasteiger partial charge < -0.3 is 19.9 Å². The first-order chi connectivity index (χ1) is 14.2. The van der Waals surface area contributed by atoms with Gasteiger partial charge in [0.1, 0.15) is 11.9 Å². The van der Waals surface area contributed by atoms with Gasteiger partial charge in [-0.15, -0.1) is 0 Å². The zero-order chi connectivity index (χ0) is 19.8. The Morgan fingerprint density at radius 2 is 1.72 bits per heavy atom. The SMILES string of the molecule is Cc1ccc(C2NC(c3ccc4c(c3)OCO4)=CC(c3ccccc3O)N2)cc1. The van der Waals surface area contributed by atoms with Crippen LogP contribution in [0.15, 0.2) is 72.8 Å². The fraction of sp³-hybridized carbons (Fsp3) is 0.167. The number of fused-ring (bicyclic) bond motifs is 1. The number of para-hydroxylation sites is 1. The van der Waals surface area contributed by atoms with Crippen molar-refractivity contribution < 1.29 is 14.6 Å². The van der Waals surface area contributed by atoms with E-state index in [1.165, 1.54) is 5.56 Å². The van der Waals surface area contributed by atoms with Crippen LogP contribution in [0.4, 0.5) is 0 Å². The minimum Gasteiger partial charge on any atom is -0.508 e. The third-order valence-electron chi connectivity index (χ3n) is 5.35. The van der Waals surface area contributed by atoms with Crippen LogP contribution in [0.1, 0.15) is 34.5 Å². The molecule has 0 amide bonds. The summed E-state index contributed by atoms with van der Waals surface area (Å²) < 4.78 is 11.0. The molecule has 2 unspecified atom stereocenters. The zero-order valence-electron chi connectivity index (χ0n) is 16.1. The third kappa shape index (κ3) is 3.41. The number of aryl methyl sites for hydroxylation is 1. The summed E-state index contributed by atoms with van der Waals surface area (Å²) in [7, 11) is 0. The number of aromatic hydroxyl groups is 1. The van der Waals surface area contributed by atoms with Crippen molar-refractivity contribution in [1.29, 1.82) is 0 Å². The topological polar surface area (TPSA) is 62.8 Å². The average molecular weight is 386 g/mol. The predicted molar refractivity (Wildman–Crippen MR) is 112 cm³/mol. The molecule has 0 bridgehead atoms. The molecule has 5 heteroatoms. The normalized spacial score (nSPS) is 20.1. The van der Waals surface area contributed by atoms with Gasteiger partial charge in [0, 0.05) is 16.8 Å². The van der Waals surface area contributed by atoms with E-state index in [4.69, 9.17) is 9.47 Å². The number of phenols is 1. The number of hydrogen-bond acceptors (Lipinski definition) is 5. The zero-order valence-corrected chi connectivity index (χ0v) is 16.1. The quantitative estimate of drug-likeness (QED) is 0.623. The van der Waals surface area contributed by atoms with Gasteiger partial charge in [-0.3, -0.25) is 5.32 Å². The Morgan fingerprint density at radius 3 is 2.55 bits per heavy atom. The highest BCUT2D eigenvalue weighted by Crippen LogP contribution is 2.37. The maximum atomic E-state index is 10.4. The smallest absolute Gasteiger partial charge is 0.231 e. The Kier molecular flexibility index (Phi) is 4.37. The van der Waals surface area contributed by atoms with Crippen LogP contribution < -0.4 is 20.1 Å². The fourth-order valence-corrected chi connectivity index (χ4v) is 3.75. The van der Waals surface area contributed by atoms with Gasteiger partial charge in [-0.25, -0.2) is 0 Å². The minimum absolute atomic E-state index is 0.106. The Balaban J connectivity index is 1.56. The molecule has 2 aliphatic heterocycles. The van der Waals surface area contributed by atoms with Crippen LogP contribution in [0.25, 0.3) is 5.70 Å². The number of benzene rings is 3. The lowest BCUT2D eigenvalue weighted by atomic mass is 9.97. The first-order valence-corrected chi connectivity index (χ1v) is 9.66. The molecule has 0 fully saturated rings. The lowest BCUT2D eigenvalue weighted by Gasteiger charge is -2.33. The molecule has 29 heavy (non-hydrogen) atoms. The molecular formula is C24H22N2O3. The van der Waals surface area contributed by atoms with Crippen molar-refractivity contribution in [3.8, 4) is 17.2 Å². The van der Waals surface area contributed by atoms with Gasteiger partial charge in [-0.1, -0.05) is 48.0 Å². The van der Waals surface area contributed by atoms with Crippen molar-refractivity contribution in [3.63, 3.8) is 0 Å². The highest BCUT2D eigenvalue weighted by atomic mass is 16.7. The lowest BCUT2D eigenvalue weighted by Crippen LogP contribution is -2.39. The molecular weight excluding hydrogens is 364 g/mol. The van der Waals surface area contributed by atoms with Crippen molar-refractivity contribution in [3.05, 3.63) is 95.1 Å². The maximum absolute atomic E-state index is 10.4. The number of rotatable bonds is 3. The van der Waals surface area contributed by atoms with Crippen molar-refractivity contribution in [2.75, 3.05) is 6.79 Å². The molecule has 2 atom stereocenters. The van der Waals surface area contributed by atoms with E-state index in [2.05, 4.69) is 47.9 Å². The molecule has 0 aliphatic carbocycles. The van der Waals surface area contributed by atoms with E-state index in [1.807, 2.05) is 36.4 Å². The van der Waals surface area contributed by atoms with E-state index < -0.39 is 0 Å². The van der Waals surface area contributed by atoms with Gasteiger partial charge in [0.05, 0.1) is 6.04 Å². The van der Waals surface area contributed by atoms with Crippen LogP contribution in [0, 0.1) is 6.92 Å². The monoisotopic (exact) mass is 386 g/mol. The Morgan fingerprint density at radius 1 is 0.931 bits per heavy atom. The predicted octanol–water partition coefficient (Wildman–Crippen LogP) is 4.40. The van der Waals surface area contributed by atoms with Gasteiger partial charge >= 0.3 is 0 Å². The van der Waals surface area contributed by atoms with Crippen molar-refractivity contribution >= 4 is 5.70 Å².